The summed E-state index contributed by atoms with van der Waals surface area (Å²) in [5, 5.41) is 4.91. The van der Waals surface area contributed by atoms with Crippen LogP contribution in [0.2, 0.25) is 0 Å². The van der Waals surface area contributed by atoms with Crippen molar-refractivity contribution >= 4 is 28.2 Å². The van der Waals surface area contributed by atoms with Gasteiger partial charge in [-0.25, -0.2) is 0 Å². The van der Waals surface area contributed by atoms with E-state index in [-0.39, 0.29) is 5.56 Å². The number of ether oxygens (including phenoxy) is 2. The Hall–Kier alpha value is -3.84. The van der Waals surface area contributed by atoms with Gasteiger partial charge in [0.05, 0.1) is 26.3 Å². The van der Waals surface area contributed by atoms with Crippen molar-refractivity contribution in [3.05, 3.63) is 106 Å². The Bertz CT molecular complexity index is 1340. The molecular formula is C28H29N3O3S. The van der Waals surface area contributed by atoms with Crippen LogP contribution >= 0.6 is 12.2 Å². The van der Waals surface area contributed by atoms with Crippen LogP contribution in [0.3, 0.4) is 0 Å². The first kappa shape index (κ1) is 24.3. The topological polar surface area (TPSA) is 66.6 Å². The van der Waals surface area contributed by atoms with Crippen LogP contribution < -0.4 is 20.3 Å². The first-order valence-corrected chi connectivity index (χ1v) is 11.9. The van der Waals surface area contributed by atoms with Crippen molar-refractivity contribution in [2.45, 2.75) is 19.5 Å². The third-order valence-corrected chi connectivity index (χ3v) is 6.25. The van der Waals surface area contributed by atoms with Gasteiger partial charge in [0.1, 0.15) is 11.5 Å². The number of rotatable bonds is 9. The van der Waals surface area contributed by atoms with Crippen LogP contribution in [-0.4, -0.2) is 35.8 Å². The molecule has 0 aliphatic rings. The van der Waals surface area contributed by atoms with Gasteiger partial charge in [0.2, 0.25) is 0 Å². The summed E-state index contributed by atoms with van der Waals surface area (Å²) in [6.45, 7) is 1.64. The number of methoxy groups -OCH3 is 2. The fraction of sp³-hybridized carbons (Fsp3) is 0.214. The van der Waals surface area contributed by atoms with Crippen molar-refractivity contribution in [3.8, 4) is 11.5 Å². The highest BCUT2D eigenvalue weighted by Crippen LogP contribution is 2.20. The van der Waals surface area contributed by atoms with Crippen molar-refractivity contribution in [2.24, 2.45) is 0 Å². The second-order valence-corrected chi connectivity index (χ2v) is 8.64. The zero-order valence-electron chi connectivity index (χ0n) is 19.9. The van der Waals surface area contributed by atoms with Gasteiger partial charge in [-0.05, 0) is 65.5 Å². The van der Waals surface area contributed by atoms with E-state index in [2.05, 4.69) is 22.4 Å². The number of aromatic nitrogens is 1. The van der Waals surface area contributed by atoms with Crippen LogP contribution in [0.25, 0.3) is 10.9 Å². The number of aromatic amines is 1. The molecule has 35 heavy (non-hydrogen) atoms. The molecule has 2 N–H and O–H groups in total. The van der Waals surface area contributed by atoms with Crippen molar-refractivity contribution in [1.29, 1.82) is 0 Å². The number of thiocarbonyl (C=S) groups is 1. The van der Waals surface area contributed by atoms with E-state index in [9.17, 15) is 4.79 Å². The summed E-state index contributed by atoms with van der Waals surface area (Å²) in [4.78, 5) is 17.9. The van der Waals surface area contributed by atoms with Crippen LogP contribution in [0.1, 0.15) is 16.7 Å². The molecule has 6 nitrogen and oxygen atoms in total. The van der Waals surface area contributed by atoms with Crippen LogP contribution in [0.4, 0.5) is 0 Å². The Balaban J connectivity index is 1.54. The number of benzene rings is 3. The predicted octanol–water partition coefficient (Wildman–Crippen LogP) is 4.66. The lowest BCUT2D eigenvalue weighted by Gasteiger charge is -2.26. The molecule has 0 saturated heterocycles. The van der Waals surface area contributed by atoms with E-state index in [1.54, 1.807) is 14.2 Å². The first-order chi connectivity index (χ1) is 17.1. The van der Waals surface area contributed by atoms with Crippen molar-refractivity contribution in [3.63, 3.8) is 0 Å². The van der Waals surface area contributed by atoms with Crippen LogP contribution in [0.15, 0.2) is 83.7 Å². The fourth-order valence-corrected chi connectivity index (χ4v) is 4.13. The van der Waals surface area contributed by atoms with Gasteiger partial charge in [0.25, 0.3) is 5.56 Å². The van der Waals surface area contributed by atoms with Crippen molar-refractivity contribution in [1.82, 2.24) is 15.2 Å². The first-order valence-electron chi connectivity index (χ1n) is 11.5. The van der Waals surface area contributed by atoms with Crippen molar-refractivity contribution < 1.29 is 9.47 Å². The highest BCUT2D eigenvalue weighted by atomic mass is 32.1. The molecule has 0 amide bonds. The molecule has 4 rings (SSSR count). The normalized spacial score (nSPS) is 10.7. The third-order valence-electron chi connectivity index (χ3n) is 5.84. The predicted molar refractivity (Wildman–Crippen MR) is 144 cm³/mol. The summed E-state index contributed by atoms with van der Waals surface area (Å²) in [5.41, 5.74) is 3.55. The molecule has 0 atom stereocenters. The summed E-state index contributed by atoms with van der Waals surface area (Å²) in [5.74, 6) is 1.50. The third kappa shape index (κ3) is 6.39. The van der Waals surface area contributed by atoms with Gasteiger partial charge in [0, 0.05) is 24.7 Å². The van der Waals surface area contributed by atoms with E-state index < -0.39 is 0 Å². The van der Waals surface area contributed by atoms with E-state index >= 15 is 0 Å². The minimum absolute atomic E-state index is 0.141. The van der Waals surface area contributed by atoms with E-state index in [0.717, 1.165) is 28.6 Å². The van der Waals surface area contributed by atoms with Gasteiger partial charge >= 0.3 is 0 Å². The lowest BCUT2D eigenvalue weighted by atomic mass is 10.1. The summed E-state index contributed by atoms with van der Waals surface area (Å²) < 4.78 is 10.6. The summed E-state index contributed by atoms with van der Waals surface area (Å²) >= 11 is 5.77. The smallest absolute Gasteiger partial charge is 0.253 e. The summed E-state index contributed by atoms with van der Waals surface area (Å²) in [6.07, 6.45) is 0.857. The van der Waals surface area contributed by atoms with E-state index in [1.807, 2.05) is 71.6 Å². The highest BCUT2D eigenvalue weighted by Gasteiger charge is 2.14. The maximum Gasteiger partial charge on any atom is 0.253 e. The minimum Gasteiger partial charge on any atom is -0.497 e. The van der Waals surface area contributed by atoms with E-state index in [1.165, 1.54) is 5.56 Å². The second kappa shape index (κ2) is 11.5. The zero-order valence-corrected chi connectivity index (χ0v) is 20.7. The average Bonchev–Trinajstić information content (AvgIpc) is 2.89. The van der Waals surface area contributed by atoms with Gasteiger partial charge in [0.15, 0.2) is 5.11 Å². The Morgan fingerprint density at radius 1 is 0.886 bits per heavy atom. The molecule has 3 aromatic carbocycles. The SMILES string of the molecule is COc1ccc(CN(Cc2cc3ccc(OC)cc3[nH]c2=O)C(=S)NCCc2ccccc2)cc1. The Morgan fingerprint density at radius 2 is 1.60 bits per heavy atom. The molecule has 0 spiro atoms. The number of fused-ring (bicyclic) bond motifs is 1. The molecule has 180 valence electrons. The molecule has 0 aliphatic heterocycles. The largest absolute Gasteiger partial charge is 0.497 e. The van der Waals surface area contributed by atoms with Crippen LogP contribution in [0.5, 0.6) is 11.5 Å². The minimum atomic E-state index is -0.141. The molecule has 0 aliphatic carbocycles. The number of pyridine rings is 1. The molecule has 1 heterocycles. The highest BCUT2D eigenvalue weighted by molar-refractivity contribution is 7.80. The van der Waals surface area contributed by atoms with Gasteiger partial charge in [-0.1, -0.05) is 42.5 Å². The molecule has 0 radical (unpaired) electrons. The van der Waals surface area contributed by atoms with Crippen molar-refractivity contribution in [2.75, 3.05) is 20.8 Å². The molecular weight excluding hydrogens is 458 g/mol. The standard InChI is InChI=1S/C28H29N3O3S/c1-33-24-11-8-21(9-12-24)18-31(28(35)29-15-14-20-6-4-3-5-7-20)19-23-16-22-10-13-25(34-2)17-26(22)30-27(23)32/h3-13,16-17H,14-15,18-19H2,1-2H3,(H,29,35)(H,30,32). The molecule has 7 heteroatoms. The maximum atomic E-state index is 12.9. The Morgan fingerprint density at radius 3 is 2.31 bits per heavy atom. The van der Waals surface area contributed by atoms with Gasteiger partial charge in [-0.3, -0.25) is 4.79 Å². The monoisotopic (exact) mass is 487 g/mol. The molecule has 4 aromatic rings. The Labute approximate surface area is 210 Å². The van der Waals surface area contributed by atoms with Crippen LogP contribution in [-0.2, 0) is 19.5 Å². The van der Waals surface area contributed by atoms with E-state index in [4.69, 9.17) is 21.7 Å². The molecule has 0 fully saturated rings. The second-order valence-electron chi connectivity index (χ2n) is 8.25. The maximum absolute atomic E-state index is 12.9. The number of nitrogens with one attached hydrogen (secondary N) is 2. The number of hydrogen-bond donors (Lipinski definition) is 2. The lowest BCUT2D eigenvalue weighted by Crippen LogP contribution is -2.40. The van der Waals surface area contributed by atoms with E-state index in [0.29, 0.717) is 36.1 Å². The summed E-state index contributed by atoms with van der Waals surface area (Å²) in [6, 6.07) is 25.7. The van der Waals surface area contributed by atoms with Crippen LogP contribution in [0, 0.1) is 0 Å². The van der Waals surface area contributed by atoms with Gasteiger partial charge in [-0.2, -0.15) is 0 Å². The molecule has 0 unspecified atom stereocenters. The molecule has 0 bridgehead atoms. The summed E-state index contributed by atoms with van der Waals surface area (Å²) in [7, 11) is 3.26. The lowest BCUT2D eigenvalue weighted by molar-refractivity contribution is 0.395. The van der Waals surface area contributed by atoms with Gasteiger partial charge < -0.3 is 24.7 Å². The zero-order chi connectivity index (χ0) is 24.6. The number of nitrogens with zero attached hydrogens (tertiary/aromatic N) is 1. The number of hydrogen-bond acceptors (Lipinski definition) is 4. The number of H-pyrrole nitrogens is 1. The quantitative estimate of drug-likeness (QED) is 0.335. The fourth-order valence-electron chi connectivity index (χ4n) is 3.90. The molecule has 0 saturated carbocycles. The Kier molecular flexibility index (Phi) is 8.00. The average molecular weight is 488 g/mol. The van der Waals surface area contributed by atoms with Gasteiger partial charge in [-0.15, -0.1) is 0 Å². The molecule has 1 aromatic heterocycles.